The lowest BCUT2D eigenvalue weighted by Gasteiger charge is -2.09. The highest BCUT2D eigenvalue weighted by Gasteiger charge is 2.21. The molecule has 6 nitrogen and oxygen atoms in total. The number of benzene rings is 1. The molecule has 0 saturated carbocycles. The summed E-state index contributed by atoms with van der Waals surface area (Å²) in [5.41, 5.74) is 3.88. The van der Waals surface area contributed by atoms with E-state index >= 15 is 0 Å². The first-order valence-corrected chi connectivity index (χ1v) is 13.9. The zero-order valence-electron chi connectivity index (χ0n) is 22.4. The van der Waals surface area contributed by atoms with Crippen molar-refractivity contribution in [3.63, 3.8) is 0 Å². The molecule has 0 amide bonds. The number of hydrogen-bond acceptors (Lipinski definition) is 6. The summed E-state index contributed by atoms with van der Waals surface area (Å²) in [6.45, 7) is 4.20. The first-order valence-electron chi connectivity index (χ1n) is 13.9. The monoisotopic (exact) mass is 507 g/mol. The highest BCUT2D eigenvalue weighted by atomic mass is 16.6. The maximum Gasteiger partial charge on any atom is 0.344 e. The van der Waals surface area contributed by atoms with E-state index in [9.17, 15) is 9.59 Å². The third-order valence-corrected chi connectivity index (χ3v) is 6.66. The Morgan fingerprint density at radius 2 is 1.43 bits per heavy atom. The number of rotatable bonds is 18. The summed E-state index contributed by atoms with van der Waals surface area (Å²) >= 11 is 0. The lowest BCUT2D eigenvalue weighted by molar-refractivity contribution is -0.145. The van der Waals surface area contributed by atoms with Gasteiger partial charge in [0.15, 0.2) is 12.4 Å². The minimum absolute atomic E-state index is 0.135. The van der Waals surface area contributed by atoms with Gasteiger partial charge >= 0.3 is 5.97 Å². The average molecular weight is 508 g/mol. The van der Waals surface area contributed by atoms with E-state index in [1.807, 2.05) is 24.3 Å². The summed E-state index contributed by atoms with van der Waals surface area (Å²) in [6, 6.07) is 11.1. The third kappa shape index (κ3) is 9.03. The van der Waals surface area contributed by atoms with Crippen LogP contribution in [0, 0.1) is 0 Å². The van der Waals surface area contributed by atoms with Crippen LogP contribution in [0.4, 0.5) is 0 Å². The van der Waals surface area contributed by atoms with Crippen LogP contribution in [0.1, 0.15) is 101 Å². The van der Waals surface area contributed by atoms with Crippen molar-refractivity contribution >= 4 is 11.8 Å². The van der Waals surface area contributed by atoms with E-state index in [-0.39, 0.29) is 12.4 Å². The van der Waals surface area contributed by atoms with Crippen LogP contribution in [0.2, 0.25) is 0 Å². The number of hydrogen-bond donors (Lipinski definition) is 0. The molecule has 0 N–H and O–H groups in total. The van der Waals surface area contributed by atoms with Crippen LogP contribution >= 0.6 is 0 Å². The van der Waals surface area contributed by atoms with Crippen molar-refractivity contribution in [2.75, 3.05) is 13.2 Å². The number of carbonyl (C=O) groups is 2. The SMILES string of the molecule is CCCCCCCCCCCCCC(=O)c1ccc2c(-c3ccc(OCC(=O)OCC)cc3)nocc1-2. The molecule has 3 rings (SSSR count). The van der Waals surface area contributed by atoms with Crippen LogP contribution in [-0.2, 0) is 9.53 Å². The Bertz CT molecular complexity index is 1060. The van der Waals surface area contributed by atoms with Gasteiger partial charge in [-0.15, -0.1) is 0 Å². The molecule has 0 fully saturated rings. The van der Waals surface area contributed by atoms with E-state index < -0.39 is 5.97 Å². The first kappa shape index (κ1) is 28.4. The molecule has 0 spiro atoms. The van der Waals surface area contributed by atoms with Crippen LogP contribution in [0.5, 0.6) is 5.75 Å². The number of ether oxygens (including phenoxy) is 2. The number of esters is 1. The van der Waals surface area contributed by atoms with Crippen LogP contribution in [0.3, 0.4) is 0 Å². The normalized spacial score (nSPS) is 11.1. The fraction of sp³-hybridized carbons (Fsp3) is 0.516. The average Bonchev–Trinajstić information content (AvgIpc) is 3.35. The Kier molecular flexibility index (Phi) is 12.2. The number of nitrogens with zero attached hydrogens (tertiary/aromatic N) is 1. The number of aromatic nitrogens is 1. The second-order valence-electron chi connectivity index (χ2n) is 9.56. The van der Waals surface area contributed by atoms with Crippen molar-refractivity contribution in [1.29, 1.82) is 0 Å². The first-order chi connectivity index (χ1) is 18.1. The molecule has 0 saturated heterocycles. The summed E-state index contributed by atoms with van der Waals surface area (Å²) in [7, 11) is 0. The maximum absolute atomic E-state index is 12.9. The van der Waals surface area contributed by atoms with Crippen molar-refractivity contribution in [3.8, 4) is 28.1 Å². The smallest absolute Gasteiger partial charge is 0.344 e. The highest BCUT2D eigenvalue weighted by Crippen LogP contribution is 2.36. The molecular weight excluding hydrogens is 466 g/mol. The van der Waals surface area contributed by atoms with Gasteiger partial charge in [-0.2, -0.15) is 0 Å². The van der Waals surface area contributed by atoms with Gasteiger partial charge in [-0.05, 0) is 43.7 Å². The van der Waals surface area contributed by atoms with Gasteiger partial charge in [0.05, 0.1) is 6.61 Å². The summed E-state index contributed by atoms with van der Waals surface area (Å²) < 4.78 is 15.7. The summed E-state index contributed by atoms with van der Waals surface area (Å²) in [6.07, 6.45) is 16.0. The van der Waals surface area contributed by atoms with Gasteiger partial charge in [0.25, 0.3) is 0 Å². The standard InChI is InChI=1S/C31H41NO5/c1-3-5-6-7-8-9-10-11-12-13-14-15-29(33)26-20-21-27-28(26)22-37-32-31(27)24-16-18-25(19-17-24)36-23-30(34)35-4-2/h16-22H,3-15,23H2,1-2H3. The Morgan fingerprint density at radius 3 is 2.08 bits per heavy atom. The molecule has 37 heavy (non-hydrogen) atoms. The number of ketones is 1. The Labute approximate surface area is 221 Å². The number of carbonyl (C=O) groups excluding carboxylic acids is 2. The van der Waals surface area contributed by atoms with Crippen molar-refractivity contribution in [3.05, 3.63) is 48.2 Å². The molecule has 0 unspecified atom stereocenters. The van der Waals surface area contributed by atoms with Crippen LogP contribution in [-0.4, -0.2) is 30.1 Å². The predicted molar refractivity (Wildman–Crippen MR) is 146 cm³/mol. The fourth-order valence-corrected chi connectivity index (χ4v) is 4.60. The predicted octanol–water partition coefficient (Wildman–Crippen LogP) is 8.27. The molecule has 0 aromatic heterocycles. The van der Waals surface area contributed by atoms with E-state index in [2.05, 4.69) is 12.1 Å². The van der Waals surface area contributed by atoms with Crippen molar-refractivity contribution in [2.24, 2.45) is 0 Å². The molecule has 1 aliphatic carbocycles. The quantitative estimate of drug-likeness (QED) is 0.0979. The molecule has 2 aliphatic rings. The van der Waals surface area contributed by atoms with Crippen LogP contribution < -0.4 is 4.74 Å². The molecule has 200 valence electrons. The van der Waals surface area contributed by atoms with Crippen molar-refractivity contribution in [1.82, 2.24) is 5.16 Å². The van der Waals surface area contributed by atoms with Gasteiger partial charge in [0.1, 0.15) is 17.7 Å². The Morgan fingerprint density at radius 1 is 0.784 bits per heavy atom. The minimum Gasteiger partial charge on any atom is -0.482 e. The largest absolute Gasteiger partial charge is 0.482 e. The molecule has 0 atom stereocenters. The second-order valence-corrected chi connectivity index (χ2v) is 9.56. The molecule has 1 heterocycles. The number of fused-ring (bicyclic) bond motifs is 1. The van der Waals surface area contributed by atoms with Gasteiger partial charge in [0, 0.05) is 28.7 Å². The van der Waals surface area contributed by atoms with Crippen molar-refractivity contribution in [2.45, 2.75) is 90.9 Å². The Balaban J connectivity index is 1.45. The lowest BCUT2D eigenvalue weighted by atomic mass is 9.99. The van der Waals surface area contributed by atoms with Gasteiger partial charge < -0.3 is 14.0 Å². The summed E-state index contributed by atoms with van der Waals surface area (Å²) in [5, 5.41) is 4.21. The molecule has 0 bridgehead atoms. The zero-order chi connectivity index (χ0) is 26.3. The lowest BCUT2D eigenvalue weighted by Crippen LogP contribution is -2.14. The van der Waals surface area contributed by atoms with Crippen LogP contribution in [0.15, 0.2) is 47.2 Å². The van der Waals surface area contributed by atoms with Gasteiger partial charge in [-0.1, -0.05) is 82.4 Å². The van der Waals surface area contributed by atoms with Gasteiger partial charge in [-0.25, -0.2) is 4.79 Å². The number of unbranched alkanes of at least 4 members (excludes halogenated alkanes) is 10. The molecule has 1 aromatic rings. The fourth-order valence-electron chi connectivity index (χ4n) is 4.60. The zero-order valence-corrected chi connectivity index (χ0v) is 22.4. The van der Waals surface area contributed by atoms with E-state index in [1.54, 1.807) is 25.3 Å². The second kappa shape index (κ2) is 15.9. The summed E-state index contributed by atoms with van der Waals surface area (Å²) in [4.78, 5) is 24.4. The third-order valence-electron chi connectivity index (χ3n) is 6.66. The van der Waals surface area contributed by atoms with Gasteiger partial charge in [-0.3, -0.25) is 4.79 Å². The van der Waals surface area contributed by atoms with Crippen LogP contribution in [0.25, 0.3) is 22.4 Å². The minimum atomic E-state index is -0.404. The molecule has 6 heteroatoms. The Hall–Kier alpha value is -3.15. The highest BCUT2D eigenvalue weighted by molar-refractivity contribution is 6.05. The van der Waals surface area contributed by atoms with E-state index in [0.717, 1.165) is 29.5 Å². The van der Waals surface area contributed by atoms with Gasteiger partial charge in [0.2, 0.25) is 0 Å². The molecular formula is C31H41NO5. The maximum atomic E-state index is 12.9. The molecule has 0 radical (unpaired) electrons. The topological polar surface area (TPSA) is 78.6 Å². The molecule has 1 aromatic carbocycles. The van der Waals surface area contributed by atoms with Crippen molar-refractivity contribution < 1.29 is 23.6 Å². The van der Waals surface area contributed by atoms with E-state index in [0.29, 0.717) is 30.0 Å². The summed E-state index contributed by atoms with van der Waals surface area (Å²) in [5.74, 6) is 0.311. The molecule has 1 aliphatic heterocycles. The number of Topliss-reactive ketones (excluding diaryl/α,β-unsaturated/α-hetero) is 1. The van der Waals surface area contributed by atoms with E-state index in [4.69, 9.17) is 14.0 Å². The van der Waals surface area contributed by atoms with E-state index in [1.165, 1.54) is 57.8 Å².